The molecule has 0 bridgehead atoms. The SMILES string of the molecule is COc1ccc(CCNC(=O)Cc2csc(C)n2)cc1. The predicted octanol–water partition coefficient (Wildman–Crippen LogP) is 2.36. The van der Waals surface area contributed by atoms with E-state index in [1.54, 1.807) is 18.4 Å². The highest BCUT2D eigenvalue weighted by Gasteiger charge is 2.05. The Hall–Kier alpha value is -1.88. The van der Waals surface area contributed by atoms with Crippen molar-refractivity contribution in [1.82, 2.24) is 10.3 Å². The zero-order valence-electron chi connectivity index (χ0n) is 11.7. The molecule has 0 aliphatic heterocycles. The zero-order chi connectivity index (χ0) is 14.4. The van der Waals surface area contributed by atoms with Crippen LogP contribution >= 0.6 is 11.3 Å². The van der Waals surface area contributed by atoms with Gasteiger partial charge in [-0.3, -0.25) is 4.79 Å². The molecule has 1 amide bonds. The lowest BCUT2D eigenvalue weighted by Crippen LogP contribution is -2.27. The van der Waals surface area contributed by atoms with E-state index in [4.69, 9.17) is 4.74 Å². The van der Waals surface area contributed by atoms with Gasteiger partial charge in [-0.05, 0) is 31.0 Å². The molecule has 2 rings (SSSR count). The first-order valence-electron chi connectivity index (χ1n) is 6.48. The lowest BCUT2D eigenvalue weighted by molar-refractivity contribution is -0.120. The molecule has 1 aromatic carbocycles. The van der Waals surface area contributed by atoms with Gasteiger partial charge < -0.3 is 10.1 Å². The van der Waals surface area contributed by atoms with E-state index in [0.717, 1.165) is 22.9 Å². The van der Waals surface area contributed by atoms with Crippen LogP contribution < -0.4 is 10.1 Å². The van der Waals surface area contributed by atoms with Crippen molar-refractivity contribution >= 4 is 17.2 Å². The number of nitrogens with zero attached hydrogens (tertiary/aromatic N) is 1. The molecule has 0 saturated heterocycles. The van der Waals surface area contributed by atoms with E-state index in [9.17, 15) is 4.79 Å². The molecule has 0 atom stereocenters. The van der Waals surface area contributed by atoms with Crippen molar-refractivity contribution in [2.45, 2.75) is 19.8 Å². The minimum Gasteiger partial charge on any atom is -0.497 e. The summed E-state index contributed by atoms with van der Waals surface area (Å²) in [7, 11) is 1.65. The molecule has 4 nitrogen and oxygen atoms in total. The molecule has 1 aromatic heterocycles. The Morgan fingerprint density at radius 3 is 2.70 bits per heavy atom. The van der Waals surface area contributed by atoms with Gasteiger partial charge in [-0.15, -0.1) is 11.3 Å². The number of carbonyl (C=O) groups excluding carboxylic acids is 1. The van der Waals surface area contributed by atoms with Crippen LogP contribution in [0.1, 0.15) is 16.3 Å². The van der Waals surface area contributed by atoms with E-state index in [-0.39, 0.29) is 5.91 Å². The largest absolute Gasteiger partial charge is 0.497 e. The lowest BCUT2D eigenvalue weighted by atomic mass is 10.1. The first-order valence-corrected chi connectivity index (χ1v) is 7.36. The fourth-order valence-corrected chi connectivity index (χ4v) is 2.47. The molecular weight excluding hydrogens is 272 g/mol. The molecule has 0 aliphatic rings. The number of hydrogen-bond donors (Lipinski definition) is 1. The molecule has 0 fully saturated rings. The number of carbonyl (C=O) groups is 1. The molecule has 0 spiro atoms. The minimum absolute atomic E-state index is 0.0174. The number of methoxy groups -OCH3 is 1. The normalized spacial score (nSPS) is 10.3. The van der Waals surface area contributed by atoms with Crippen LogP contribution in [-0.2, 0) is 17.6 Å². The molecule has 1 heterocycles. The molecule has 1 N–H and O–H groups in total. The third kappa shape index (κ3) is 4.35. The van der Waals surface area contributed by atoms with Crippen molar-refractivity contribution in [3.8, 4) is 5.75 Å². The van der Waals surface area contributed by atoms with Gasteiger partial charge in [0.25, 0.3) is 0 Å². The second kappa shape index (κ2) is 7.05. The Morgan fingerprint density at radius 2 is 2.10 bits per heavy atom. The van der Waals surface area contributed by atoms with Crippen molar-refractivity contribution in [2.75, 3.05) is 13.7 Å². The molecule has 0 radical (unpaired) electrons. The Bertz CT molecular complexity index is 564. The quantitative estimate of drug-likeness (QED) is 0.888. The number of aromatic nitrogens is 1. The number of hydrogen-bond acceptors (Lipinski definition) is 4. The van der Waals surface area contributed by atoms with E-state index < -0.39 is 0 Å². The molecule has 2 aromatic rings. The predicted molar refractivity (Wildman–Crippen MR) is 80.3 cm³/mol. The highest BCUT2D eigenvalue weighted by molar-refractivity contribution is 7.09. The summed E-state index contributed by atoms with van der Waals surface area (Å²) in [6, 6.07) is 7.87. The number of benzene rings is 1. The molecule has 106 valence electrons. The Balaban J connectivity index is 1.73. The average Bonchev–Trinajstić information content (AvgIpc) is 2.85. The summed E-state index contributed by atoms with van der Waals surface area (Å²) in [5, 5.41) is 5.83. The van der Waals surface area contributed by atoms with E-state index in [2.05, 4.69) is 10.3 Å². The smallest absolute Gasteiger partial charge is 0.226 e. The minimum atomic E-state index is 0.0174. The Kier molecular flexibility index (Phi) is 5.12. The maximum atomic E-state index is 11.7. The molecule has 0 unspecified atom stereocenters. The third-order valence-corrected chi connectivity index (χ3v) is 3.73. The molecule has 5 heteroatoms. The van der Waals surface area contributed by atoms with E-state index in [1.807, 2.05) is 36.6 Å². The Labute approximate surface area is 122 Å². The third-order valence-electron chi connectivity index (χ3n) is 2.90. The van der Waals surface area contributed by atoms with Crippen molar-refractivity contribution in [2.24, 2.45) is 0 Å². The average molecular weight is 290 g/mol. The summed E-state index contributed by atoms with van der Waals surface area (Å²) in [6.07, 6.45) is 1.17. The van der Waals surface area contributed by atoms with Crippen molar-refractivity contribution in [3.63, 3.8) is 0 Å². The van der Waals surface area contributed by atoms with Gasteiger partial charge in [0.05, 0.1) is 24.2 Å². The summed E-state index contributed by atoms with van der Waals surface area (Å²) in [5.41, 5.74) is 2.02. The van der Waals surface area contributed by atoms with Crippen LogP contribution in [-0.4, -0.2) is 24.5 Å². The van der Waals surface area contributed by atoms with Crippen molar-refractivity contribution in [3.05, 3.63) is 45.9 Å². The maximum Gasteiger partial charge on any atom is 0.226 e. The molecule has 0 aliphatic carbocycles. The van der Waals surface area contributed by atoms with Crippen LogP contribution in [0.2, 0.25) is 0 Å². The van der Waals surface area contributed by atoms with Gasteiger partial charge in [-0.2, -0.15) is 0 Å². The summed E-state index contributed by atoms with van der Waals surface area (Å²) < 4.78 is 5.10. The fourth-order valence-electron chi connectivity index (χ4n) is 1.85. The first-order chi connectivity index (χ1) is 9.67. The van der Waals surface area contributed by atoms with Crippen LogP contribution in [0, 0.1) is 6.92 Å². The Morgan fingerprint density at radius 1 is 1.35 bits per heavy atom. The second-order valence-electron chi connectivity index (χ2n) is 4.48. The van der Waals surface area contributed by atoms with Crippen LogP contribution in [0.15, 0.2) is 29.6 Å². The zero-order valence-corrected chi connectivity index (χ0v) is 12.5. The standard InChI is InChI=1S/C15H18N2O2S/c1-11-17-13(10-20-11)9-15(18)16-8-7-12-3-5-14(19-2)6-4-12/h3-6,10H,7-9H2,1-2H3,(H,16,18). The van der Waals surface area contributed by atoms with Crippen LogP contribution in [0.5, 0.6) is 5.75 Å². The van der Waals surface area contributed by atoms with Crippen molar-refractivity contribution in [1.29, 1.82) is 0 Å². The van der Waals surface area contributed by atoms with Gasteiger partial charge in [0.2, 0.25) is 5.91 Å². The number of rotatable bonds is 6. The number of nitrogens with one attached hydrogen (secondary N) is 1. The summed E-state index contributed by atoms with van der Waals surface area (Å²) in [4.78, 5) is 16.0. The van der Waals surface area contributed by atoms with Gasteiger partial charge >= 0.3 is 0 Å². The van der Waals surface area contributed by atoms with Gasteiger partial charge in [0, 0.05) is 11.9 Å². The number of ether oxygens (including phenoxy) is 1. The lowest BCUT2D eigenvalue weighted by Gasteiger charge is -2.05. The van der Waals surface area contributed by atoms with Crippen molar-refractivity contribution < 1.29 is 9.53 Å². The monoisotopic (exact) mass is 290 g/mol. The van der Waals surface area contributed by atoms with E-state index in [1.165, 1.54) is 5.56 Å². The highest BCUT2D eigenvalue weighted by atomic mass is 32.1. The molecular formula is C15H18N2O2S. The number of aryl methyl sites for hydroxylation is 1. The van der Waals surface area contributed by atoms with Gasteiger partial charge in [-0.1, -0.05) is 12.1 Å². The van der Waals surface area contributed by atoms with Crippen LogP contribution in [0.25, 0.3) is 0 Å². The van der Waals surface area contributed by atoms with Gasteiger partial charge in [-0.25, -0.2) is 4.98 Å². The first kappa shape index (κ1) is 14.5. The van der Waals surface area contributed by atoms with Crippen LogP contribution in [0.3, 0.4) is 0 Å². The summed E-state index contributed by atoms with van der Waals surface area (Å²) in [6.45, 7) is 2.57. The maximum absolute atomic E-state index is 11.7. The summed E-state index contributed by atoms with van der Waals surface area (Å²) >= 11 is 1.57. The summed E-state index contributed by atoms with van der Waals surface area (Å²) in [5.74, 6) is 0.862. The van der Waals surface area contributed by atoms with E-state index in [0.29, 0.717) is 13.0 Å². The second-order valence-corrected chi connectivity index (χ2v) is 5.54. The highest BCUT2D eigenvalue weighted by Crippen LogP contribution is 2.11. The molecule has 20 heavy (non-hydrogen) atoms. The van der Waals surface area contributed by atoms with E-state index >= 15 is 0 Å². The molecule has 0 saturated carbocycles. The fraction of sp³-hybridized carbons (Fsp3) is 0.333. The van der Waals surface area contributed by atoms with Gasteiger partial charge in [0.15, 0.2) is 0 Å². The number of amides is 1. The van der Waals surface area contributed by atoms with Gasteiger partial charge in [0.1, 0.15) is 5.75 Å². The topological polar surface area (TPSA) is 51.2 Å². The number of thiazole rings is 1. The van der Waals surface area contributed by atoms with Crippen LogP contribution in [0.4, 0.5) is 0 Å².